The number of H-pyrrole nitrogens is 1. The van der Waals surface area contributed by atoms with Gasteiger partial charge in [-0.15, -0.1) is 0 Å². The zero-order chi connectivity index (χ0) is 14.3. The van der Waals surface area contributed by atoms with Crippen molar-refractivity contribution in [1.82, 2.24) is 4.98 Å². The molecule has 0 atom stereocenters. The summed E-state index contributed by atoms with van der Waals surface area (Å²) in [5.41, 5.74) is 0.797. The lowest BCUT2D eigenvalue weighted by molar-refractivity contribution is 0.103. The molecule has 0 amide bonds. The topological polar surface area (TPSA) is 32.9 Å². The lowest BCUT2D eigenvalue weighted by atomic mass is 10.0. The first kappa shape index (κ1) is 13.0. The predicted molar refractivity (Wildman–Crippen MR) is 75.8 cm³/mol. The standard InChI is InChI=1S/C15H8BrF2NO/c16-8-4-5-9-11(7-19-13(9)6-8)15(20)10-2-1-3-12(17)14(10)18/h1-7,19H. The molecule has 3 rings (SSSR count). The highest BCUT2D eigenvalue weighted by Crippen LogP contribution is 2.25. The fourth-order valence-corrected chi connectivity index (χ4v) is 2.47. The van der Waals surface area contributed by atoms with E-state index in [1.165, 1.54) is 18.3 Å². The summed E-state index contributed by atoms with van der Waals surface area (Å²) in [6.07, 6.45) is 1.50. The maximum Gasteiger partial charge on any atom is 0.198 e. The fourth-order valence-electron chi connectivity index (χ4n) is 2.11. The normalized spacial score (nSPS) is 10.9. The van der Waals surface area contributed by atoms with Gasteiger partial charge < -0.3 is 4.98 Å². The van der Waals surface area contributed by atoms with Crippen LogP contribution in [-0.4, -0.2) is 10.8 Å². The van der Waals surface area contributed by atoms with Crippen LogP contribution in [0.2, 0.25) is 0 Å². The van der Waals surface area contributed by atoms with Crippen molar-refractivity contribution in [2.75, 3.05) is 0 Å². The number of ketones is 1. The van der Waals surface area contributed by atoms with E-state index < -0.39 is 17.4 Å². The molecule has 0 radical (unpaired) electrons. The molecule has 0 fully saturated rings. The van der Waals surface area contributed by atoms with Crippen LogP contribution in [0.4, 0.5) is 8.78 Å². The monoisotopic (exact) mass is 335 g/mol. The zero-order valence-corrected chi connectivity index (χ0v) is 11.7. The molecule has 2 nitrogen and oxygen atoms in total. The van der Waals surface area contributed by atoms with Gasteiger partial charge in [0.1, 0.15) is 0 Å². The summed E-state index contributed by atoms with van der Waals surface area (Å²) in [5, 5.41) is 0.668. The van der Waals surface area contributed by atoms with Crippen LogP contribution >= 0.6 is 15.9 Å². The lowest BCUT2D eigenvalue weighted by Crippen LogP contribution is -2.05. The fraction of sp³-hybridized carbons (Fsp3) is 0. The number of rotatable bonds is 2. The van der Waals surface area contributed by atoms with Crippen LogP contribution < -0.4 is 0 Å². The van der Waals surface area contributed by atoms with Crippen molar-refractivity contribution in [3.8, 4) is 0 Å². The first-order valence-electron chi connectivity index (χ1n) is 5.83. The van der Waals surface area contributed by atoms with Crippen LogP contribution in [0.15, 0.2) is 47.1 Å². The number of halogens is 3. The summed E-state index contributed by atoms with van der Waals surface area (Å²) in [6.45, 7) is 0. The van der Waals surface area contributed by atoms with Crippen molar-refractivity contribution in [2.24, 2.45) is 0 Å². The minimum Gasteiger partial charge on any atom is -0.360 e. The molecule has 5 heteroatoms. The average Bonchev–Trinajstić information content (AvgIpc) is 2.84. The summed E-state index contributed by atoms with van der Waals surface area (Å²) >= 11 is 3.33. The van der Waals surface area contributed by atoms with Crippen molar-refractivity contribution in [3.63, 3.8) is 0 Å². The molecule has 0 aliphatic carbocycles. The Hall–Kier alpha value is -2.01. The van der Waals surface area contributed by atoms with E-state index in [2.05, 4.69) is 20.9 Å². The van der Waals surface area contributed by atoms with E-state index >= 15 is 0 Å². The molecular formula is C15H8BrF2NO. The second-order valence-electron chi connectivity index (χ2n) is 4.32. The largest absolute Gasteiger partial charge is 0.360 e. The van der Waals surface area contributed by atoms with Crippen molar-refractivity contribution in [2.45, 2.75) is 0 Å². The van der Waals surface area contributed by atoms with Gasteiger partial charge in [-0.25, -0.2) is 8.78 Å². The van der Waals surface area contributed by atoms with Crippen LogP contribution in [0.3, 0.4) is 0 Å². The molecule has 20 heavy (non-hydrogen) atoms. The summed E-state index contributed by atoms with van der Waals surface area (Å²) < 4.78 is 27.8. The molecule has 1 N–H and O–H groups in total. The summed E-state index contributed by atoms with van der Waals surface area (Å²) in [5.74, 6) is -2.70. The maximum absolute atomic E-state index is 13.7. The first-order valence-corrected chi connectivity index (χ1v) is 6.62. The van der Waals surface area contributed by atoms with Gasteiger partial charge in [0.2, 0.25) is 0 Å². The molecule has 0 spiro atoms. The first-order chi connectivity index (χ1) is 9.58. The Morgan fingerprint density at radius 1 is 1.10 bits per heavy atom. The Balaban J connectivity index is 2.16. The molecule has 1 heterocycles. The Kier molecular flexibility index (Phi) is 3.14. The SMILES string of the molecule is O=C(c1cccc(F)c1F)c1c[nH]c2cc(Br)ccc12. The van der Waals surface area contributed by atoms with Crippen molar-refractivity contribution < 1.29 is 13.6 Å². The molecule has 0 unspecified atom stereocenters. The third-order valence-electron chi connectivity index (χ3n) is 3.08. The smallest absolute Gasteiger partial charge is 0.198 e. The quantitative estimate of drug-likeness (QED) is 0.690. The molecule has 0 aliphatic heterocycles. The Bertz CT molecular complexity index is 826. The summed E-state index contributed by atoms with van der Waals surface area (Å²) in [6, 6.07) is 8.93. The highest BCUT2D eigenvalue weighted by Gasteiger charge is 2.19. The molecule has 0 saturated carbocycles. The molecule has 100 valence electrons. The highest BCUT2D eigenvalue weighted by atomic mass is 79.9. The molecular weight excluding hydrogens is 328 g/mol. The van der Waals surface area contributed by atoms with Gasteiger partial charge in [0.15, 0.2) is 17.4 Å². The van der Waals surface area contributed by atoms with E-state index in [4.69, 9.17) is 0 Å². The highest BCUT2D eigenvalue weighted by molar-refractivity contribution is 9.10. The van der Waals surface area contributed by atoms with E-state index in [-0.39, 0.29) is 5.56 Å². The number of nitrogens with one attached hydrogen (secondary N) is 1. The number of carbonyl (C=O) groups is 1. The van der Waals surface area contributed by atoms with Gasteiger partial charge in [-0.1, -0.05) is 28.1 Å². The van der Waals surface area contributed by atoms with E-state index in [0.29, 0.717) is 10.9 Å². The number of hydrogen-bond donors (Lipinski definition) is 1. The van der Waals surface area contributed by atoms with Crippen LogP contribution in [0.1, 0.15) is 15.9 Å². The summed E-state index contributed by atoms with van der Waals surface area (Å²) in [7, 11) is 0. The van der Waals surface area contributed by atoms with E-state index in [1.54, 1.807) is 12.1 Å². The van der Waals surface area contributed by atoms with E-state index in [9.17, 15) is 13.6 Å². The lowest BCUT2D eigenvalue weighted by Gasteiger charge is -2.02. The minimum absolute atomic E-state index is 0.270. The number of aromatic nitrogens is 1. The molecule has 0 bridgehead atoms. The third-order valence-corrected chi connectivity index (χ3v) is 3.58. The van der Waals surface area contributed by atoms with Crippen molar-refractivity contribution in [1.29, 1.82) is 0 Å². The number of benzene rings is 2. The number of aromatic amines is 1. The molecule has 0 saturated heterocycles. The second kappa shape index (κ2) is 4.83. The van der Waals surface area contributed by atoms with Crippen LogP contribution in [0, 0.1) is 11.6 Å². The number of fused-ring (bicyclic) bond motifs is 1. The number of hydrogen-bond acceptors (Lipinski definition) is 1. The maximum atomic E-state index is 13.7. The van der Waals surface area contributed by atoms with Gasteiger partial charge in [0.05, 0.1) is 5.56 Å². The average molecular weight is 336 g/mol. The Morgan fingerprint density at radius 3 is 2.70 bits per heavy atom. The van der Waals surface area contributed by atoms with Gasteiger partial charge in [0, 0.05) is 27.1 Å². The van der Waals surface area contributed by atoms with Crippen LogP contribution in [0.25, 0.3) is 10.9 Å². The second-order valence-corrected chi connectivity index (χ2v) is 5.24. The number of carbonyl (C=O) groups excluding carboxylic acids is 1. The third kappa shape index (κ3) is 2.04. The van der Waals surface area contributed by atoms with Crippen LogP contribution in [0.5, 0.6) is 0 Å². The minimum atomic E-state index is -1.12. The van der Waals surface area contributed by atoms with Gasteiger partial charge >= 0.3 is 0 Å². The molecule has 2 aromatic carbocycles. The Labute approximate surface area is 121 Å². The molecule has 3 aromatic rings. The van der Waals surface area contributed by atoms with Crippen molar-refractivity contribution >= 4 is 32.6 Å². The van der Waals surface area contributed by atoms with Gasteiger partial charge in [-0.2, -0.15) is 0 Å². The Morgan fingerprint density at radius 2 is 1.90 bits per heavy atom. The van der Waals surface area contributed by atoms with Gasteiger partial charge in [-0.3, -0.25) is 4.79 Å². The predicted octanol–water partition coefficient (Wildman–Crippen LogP) is 4.44. The van der Waals surface area contributed by atoms with Gasteiger partial charge in [-0.05, 0) is 24.3 Å². The van der Waals surface area contributed by atoms with E-state index in [1.807, 2.05) is 6.07 Å². The zero-order valence-electron chi connectivity index (χ0n) is 10.1. The molecule has 0 aliphatic rings. The van der Waals surface area contributed by atoms with Crippen molar-refractivity contribution in [3.05, 3.63) is 69.8 Å². The summed E-state index contributed by atoms with van der Waals surface area (Å²) in [4.78, 5) is 15.3. The molecule has 1 aromatic heterocycles. The van der Waals surface area contributed by atoms with E-state index in [0.717, 1.165) is 16.1 Å². The van der Waals surface area contributed by atoms with Gasteiger partial charge in [0.25, 0.3) is 0 Å². The van der Waals surface area contributed by atoms with Crippen LogP contribution in [-0.2, 0) is 0 Å².